The molecule has 0 aliphatic heterocycles. The van der Waals surface area contributed by atoms with Crippen molar-refractivity contribution in [1.29, 1.82) is 0 Å². The minimum absolute atomic E-state index is 0.142. The van der Waals surface area contributed by atoms with Crippen molar-refractivity contribution in [2.45, 2.75) is 12.7 Å². The van der Waals surface area contributed by atoms with Gasteiger partial charge in [0.2, 0.25) is 10.0 Å². The normalized spacial score (nSPS) is 11.9. The molecule has 0 saturated heterocycles. The van der Waals surface area contributed by atoms with Gasteiger partial charge in [0, 0.05) is 17.9 Å². The first kappa shape index (κ1) is 11.7. The molecule has 0 radical (unpaired) electrons. The Morgan fingerprint density at radius 3 is 2.86 bits per heavy atom. The summed E-state index contributed by atoms with van der Waals surface area (Å²) in [6.45, 7) is 2.09. The van der Waals surface area contributed by atoms with Crippen molar-refractivity contribution in [3.05, 3.63) is 17.5 Å². The average molecular weight is 283 g/mol. The molecule has 0 spiro atoms. The van der Waals surface area contributed by atoms with Crippen LogP contribution in [0.15, 0.2) is 10.6 Å². The lowest BCUT2D eigenvalue weighted by molar-refractivity contribution is 0.392. The minimum Gasteiger partial charge on any atom is -0.361 e. The van der Waals surface area contributed by atoms with Gasteiger partial charge >= 0.3 is 0 Å². The van der Waals surface area contributed by atoms with E-state index in [1.165, 1.54) is 0 Å². The van der Waals surface area contributed by atoms with Crippen molar-refractivity contribution in [1.82, 2.24) is 9.88 Å². The van der Waals surface area contributed by atoms with Crippen molar-refractivity contribution >= 4 is 26.0 Å². The third-order valence-corrected chi connectivity index (χ3v) is 3.15. The molecule has 7 heteroatoms. The highest BCUT2D eigenvalue weighted by Crippen LogP contribution is 2.05. The highest BCUT2D eigenvalue weighted by atomic mass is 79.9. The van der Waals surface area contributed by atoms with Gasteiger partial charge < -0.3 is 4.52 Å². The maximum absolute atomic E-state index is 11.4. The van der Waals surface area contributed by atoms with Crippen LogP contribution in [0.25, 0.3) is 0 Å². The second kappa shape index (κ2) is 4.90. The van der Waals surface area contributed by atoms with E-state index in [1.807, 2.05) is 0 Å². The zero-order valence-electron chi connectivity index (χ0n) is 7.66. The lowest BCUT2D eigenvalue weighted by Crippen LogP contribution is -2.26. The standard InChI is InChI=1S/C7H11BrN2O3S/c1-6-4-7(10-13-6)5-14(11,12)9-3-2-8/h4,9H,2-3,5H2,1H3. The lowest BCUT2D eigenvalue weighted by atomic mass is 10.4. The van der Waals surface area contributed by atoms with Gasteiger partial charge in [0.1, 0.15) is 17.2 Å². The zero-order valence-corrected chi connectivity index (χ0v) is 10.1. The van der Waals surface area contributed by atoms with Crippen LogP contribution in [0, 0.1) is 6.92 Å². The molecule has 80 valence electrons. The van der Waals surface area contributed by atoms with Crippen LogP contribution in [0.5, 0.6) is 0 Å². The van der Waals surface area contributed by atoms with Crippen molar-refractivity contribution in [3.63, 3.8) is 0 Å². The summed E-state index contributed by atoms with van der Waals surface area (Å²) in [5.74, 6) is 0.466. The molecule has 0 amide bonds. The number of aryl methyl sites for hydroxylation is 1. The number of alkyl halides is 1. The van der Waals surface area contributed by atoms with Gasteiger partial charge in [0.05, 0.1) is 0 Å². The van der Waals surface area contributed by atoms with Gasteiger partial charge in [0.15, 0.2) is 0 Å². The van der Waals surface area contributed by atoms with E-state index < -0.39 is 10.0 Å². The van der Waals surface area contributed by atoms with Crippen molar-refractivity contribution in [3.8, 4) is 0 Å². The first-order valence-corrected chi connectivity index (χ1v) is 6.76. The molecule has 0 aromatic carbocycles. The quantitative estimate of drug-likeness (QED) is 0.811. The SMILES string of the molecule is Cc1cc(CS(=O)(=O)NCCBr)no1. The number of aromatic nitrogens is 1. The Kier molecular flexibility index (Phi) is 4.09. The number of halogens is 1. The Bertz CT molecular complexity index is 387. The Morgan fingerprint density at radius 1 is 1.64 bits per heavy atom. The van der Waals surface area contributed by atoms with Gasteiger partial charge in [-0.1, -0.05) is 21.1 Å². The first-order chi connectivity index (χ1) is 6.53. The topological polar surface area (TPSA) is 72.2 Å². The van der Waals surface area contributed by atoms with Crippen molar-refractivity contribution < 1.29 is 12.9 Å². The zero-order chi connectivity index (χ0) is 10.6. The largest absolute Gasteiger partial charge is 0.361 e. The third kappa shape index (κ3) is 3.77. The summed E-state index contributed by atoms with van der Waals surface area (Å²) < 4.78 is 29.9. The van der Waals surface area contributed by atoms with Crippen LogP contribution in [0.4, 0.5) is 0 Å². The maximum Gasteiger partial charge on any atom is 0.217 e. The first-order valence-electron chi connectivity index (χ1n) is 3.99. The summed E-state index contributed by atoms with van der Waals surface area (Å²) in [5, 5.41) is 4.19. The van der Waals surface area contributed by atoms with E-state index in [2.05, 4.69) is 25.8 Å². The van der Waals surface area contributed by atoms with Crippen LogP contribution in [0.1, 0.15) is 11.5 Å². The smallest absolute Gasteiger partial charge is 0.217 e. The van der Waals surface area contributed by atoms with E-state index in [0.29, 0.717) is 23.3 Å². The van der Waals surface area contributed by atoms with Gasteiger partial charge in [0.25, 0.3) is 0 Å². The molecule has 0 saturated carbocycles. The van der Waals surface area contributed by atoms with E-state index in [9.17, 15) is 8.42 Å². The predicted octanol–water partition coefficient (Wildman–Crippen LogP) is 0.797. The molecule has 0 aliphatic carbocycles. The minimum atomic E-state index is -3.29. The molecule has 5 nitrogen and oxygen atoms in total. The molecule has 0 fully saturated rings. The molecule has 1 rings (SSSR count). The molecule has 0 unspecified atom stereocenters. The van der Waals surface area contributed by atoms with Gasteiger partial charge in [-0.15, -0.1) is 0 Å². The Hall–Kier alpha value is -0.400. The number of hydrogen-bond acceptors (Lipinski definition) is 4. The summed E-state index contributed by atoms with van der Waals surface area (Å²) in [4.78, 5) is 0. The summed E-state index contributed by atoms with van der Waals surface area (Å²) in [6, 6.07) is 1.60. The van der Waals surface area contributed by atoms with Crippen LogP contribution >= 0.6 is 15.9 Å². The van der Waals surface area contributed by atoms with Gasteiger partial charge in [-0.3, -0.25) is 0 Å². The Labute approximate surface area is 91.0 Å². The van der Waals surface area contributed by atoms with Crippen LogP contribution in [-0.4, -0.2) is 25.4 Å². The molecular weight excluding hydrogens is 272 g/mol. The summed E-state index contributed by atoms with van der Waals surface area (Å²) in [6.07, 6.45) is 0. The van der Waals surface area contributed by atoms with Gasteiger partial charge in [-0.25, -0.2) is 13.1 Å². The molecular formula is C7H11BrN2O3S. The number of hydrogen-bond donors (Lipinski definition) is 1. The highest BCUT2D eigenvalue weighted by Gasteiger charge is 2.13. The van der Waals surface area contributed by atoms with E-state index in [-0.39, 0.29) is 5.75 Å². The van der Waals surface area contributed by atoms with Crippen LogP contribution in [0.3, 0.4) is 0 Å². The fraction of sp³-hybridized carbons (Fsp3) is 0.571. The Morgan fingerprint density at radius 2 is 2.36 bits per heavy atom. The number of nitrogens with zero attached hydrogens (tertiary/aromatic N) is 1. The number of sulfonamides is 1. The average Bonchev–Trinajstić information content (AvgIpc) is 2.47. The van der Waals surface area contributed by atoms with Crippen LogP contribution in [-0.2, 0) is 15.8 Å². The van der Waals surface area contributed by atoms with E-state index in [4.69, 9.17) is 4.52 Å². The van der Waals surface area contributed by atoms with E-state index >= 15 is 0 Å². The predicted molar refractivity (Wildman–Crippen MR) is 55.7 cm³/mol. The lowest BCUT2D eigenvalue weighted by Gasteiger charge is -2.01. The fourth-order valence-corrected chi connectivity index (χ4v) is 2.43. The highest BCUT2D eigenvalue weighted by molar-refractivity contribution is 9.09. The van der Waals surface area contributed by atoms with Gasteiger partial charge in [-0.2, -0.15) is 0 Å². The van der Waals surface area contributed by atoms with E-state index in [0.717, 1.165) is 0 Å². The van der Waals surface area contributed by atoms with Crippen molar-refractivity contribution in [2.75, 3.05) is 11.9 Å². The molecule has 0 atom stereocenters. The summed E-state index contributed by atoms with van der Waals surface area (Å²) in [7, 11) is -3.29. The third-order valence-electron chi connectivity index (χ3n) is 1.43. The molecule has 0 aliphatic rings. The second-order valence-electron chi connectivity index (χ2n) is 2.77. The van der Waals surface area contributed by atoms with Crippen molar-refractivity contribution in [2.24, 2.45) is 0 Å². The molecule has 0 bridgehead atoms. The van der Waals surface area contributed by atoms with Gasteiger partial charge in [-0.05, 0) is 6.92 Å². The fourth-order valence-electron chi connectivity index (χ4n) is 0.926. The number of nitrogens with one attached hydrogen (secondary N) is 1. The Balaban J connectivity index is 2.59. The molecule has 1 N–H and O–H groups in total. The summed E-state index contributed by atoms with van der Waals surface area (Å²) >= 11 is 3.13. The van der Waals surface area contributed by atoms with E-state index in [1.54, 1.807) is 13.0 Å². The second-order valence-corrected chi connectivity index (χ2v) is 5.37. The molecule has 1 aromatic heterocycles. The molecule has 1 aromatic rings. The van der Waals surface area contributed by atoms with Crippen LogP contribution < -0.4 is 4.72 Å². The number of rotatable bonds is 5. The monoisotopic (exact) mass is 282 g/mol. The maximum atomic E-state index is 11.4. The molecule has 14 heavy (non-hydrogen) atoms. The van der Waals surface area contributed by atoms with Crippen LogP contribution in [0.2, 0.25) is 0 Å². The molecule has 1 heterocycles. The summed E-state index contributed by atoms with van der Waals surface area (Å²) in [5.41, 5.74) is 0.421.